The highest BCUT2D eigenvalue weighted by atomic mass is 16.5. The van der Waals surface area contributed by atoms with E-state index >= 15 is 0 Å². The summed E-state index contributed by atoms with van der Waals surface area (Å²) in [6.07, 6.45) is 0. The van der Waals surface area contributed by atoms with E-state index in [0.717, 1.165) is 23.5 Å². The summed E-state index contributed by atoms with van der Waals surface area (Å²) < 4.78 is 5.48. The molecule has 0 fully saturated rings. The number of aryl methyl sites for hydroxylation is 1. The predicted molar refractivity (Wildman–Crippen MR) is 74.3 cm³/mol. The minimum Gasteiger partial charge on any atom is -0.494 e. The van der Waals surface area contributed by atoms with Gasteiger partial charge in [0.15, 0.2) is 0 Å². The fourth-order valence-electron chi connectivity index (χ4n) is 1.65. The van der Waals surface area contributed by atoms with E-state index in [9.17, 15) is 4.79 Å². The number of hydrogen-bond acceptors (Lipinski definition) is 3. The largest absolute Gasteiger partial charge is 0.494 e. The third kappa shape index (κ3) is 3.74. The Morgan fingerprint density at radius 2 is 2.11 bits per heavy atom. The normalized spacial score (nSPS) is 10.2. The second-order valence-corrected chi connectivity index (χ2v) is 4.12. The van der Waals surface area contributed by atoms with Gasteiger partial charge in [-0.1, -0.05) is 6.92 Å². The van der Waals surface area contributed by atoms with E-state index in [1.807, 2.05) is 39.0 Å². The van der Waals surface area contributed by atoms with E-state index in [4.69, 9.17) is 4.74 Å². The Labute approximate surface area is 109 Å². The fourth-order valence-corrected chi connectivity index (χ4v) is 1.65. The molecule has 18 heavy (non-hydrogen) atoms. The Morgan fingerprint density at radius 3 is 2.67 bits per heavy atom. The first kappa shape index (κ1) is 14.5. The molecule has 0 unspecified atom stereocenters. The summed E-state index contributed by atoms with van der Waals surface area (Å²) in [5.74, 6) is 0.925. The number of amides is 1. The van der Waals surface area contributed by atoms with Gasteiger partial charge in [-0.15, -0.1) is 0 Å². The first-order valence-corrected chi connectivity index (χ1v) is 6.30. The number of carbonyl (C=O) groups is 1. The molecule has 1 N–H and O–H groups in total. The molecule has 0 saturated heterocycles. The molecule has 0 aliphatic heterocycles. The van der Waals surface area contributed by atoms with Gasteiger partial charge >= 0.3 is 0 Å². The number of likely N-dealkylation sites (N-methyl/N-ethyl adjacent to an activating group) is 2. The fraction of sp³-hybridized carbons (Fsp3) is 0.500. The highest BCUT2D eigenvalue weighted by Gasteiger charge is 2.11. The molecule has 4 nitrogen and oxygen atoms in total. The molecule has 0 saturated carbocycles. The van der Waals surface area contributed by atoms with Gasteiger partial charge in [-0.25, -0.2) is 0 Å². The maximum atomic E-state index is 11.9. The molecule has 0 aliphatic carbocycles. The summed E-state index contributed by atoms with van der Waals surface area (Å²) in [4.78, 5) is 13.5. The number of hydrogen-bond donors (Lipinski definition) is 1. The van der Waals surface area contributed by atoms with Gasteiger partial charge in [0, 0.05) is 12.7 Å². The Hall–Kier alpha value is -1.55. The Bertz CT molecular complexity index is 405. The minimum absolute atomic E-state index is 0.0559. The molecule has 0 heterocycles. The van der Waals surface area contributed by atoms with E-state index in [-0.39, 0.29) is 5.91 Å². The maximum absolute atomic E-state index is 11.9. The average Bonchev–Trinajstić information content (AvgIpc) is 2.37. The smallest absolute Gasteiger partial charge is 0.240 e. The lowest BCUT2D eigenvalue weighted by molar-refractivity contribution is -0.117. The summed E-state index contributed by atoms with van der Waals surface area (Å²) >= 11 is 0. The highest BCUT2D eigenvalue weighted by molar-refractivity contribution is 5.94. The van der Waals surface area contributed by atoms with E-state index in [0.29, 0.717) is 13.2 Å². The number of carbonyl (C=O) groups excluding carboxylic acids is 1. The van der Waals surface area contributed by atoms with Gasteiger partial charge in [-0.2, -0.15) is 0 Å². The third-order valence-corrected chi connectivity index (χ3v) is 2.75. The molecule has 0 bridgehead atoms. The van der Waals surface area contributed by atoms with Crippen molar-refractivity contribution < 1.29 is 9.53 Å². The number of nitrogens with zero attached hydrogens (tertiary/aromatic N) is 1. The van der Waals surface area contributed by atoms with Gasteiger partial charge in [0.25, 0.3) is 0 Å². The van der Waals surface area contributed by atoms with Crippen LogP contribution in [0.1, 0.15) is 19.4 Å². The Morgan fingerprint density at radius 1 is 1.39 bits per heavy atom. The predicted octanol–water partition coefficient (Wildman–Crippen LogP) is 1.97. The molecule has 0 aliphatic rings. The monoisotopic (exact) mass is 250 g/mol. The number of anilines is 1. The topological polar surface area (TPSA) is 41.6 Å². The lowest BCUT2D eigenvalue weighted by atomic mass is 10.2. The van der Waals surface area contributed by atoms with Crippen molar-refractivity contribution >= 4 is 11.6 Å². The van der Waals surface area contributed by atoms with Crippen molar-refractivity contribution in [2.75, 3.05) is 31.6 Å². The molecule has 1 aromatic rings. The van der Waals surface area contributed by atoms with E-state index in [1.165, 1.54) is 0 Å². The van der Waals surface area contributed by atoms with Crippen LogP contribution in [0, 0.1) is 6.92 Å². The number of ether oxygens (including phenoxy) is 1. The van der Waals surface area contributed by atoms with Gasteiger partial charge in [0.2, 0.25) is 5.91 Å². The highest BCUT2D eigenvalue weighted by Crippen LogP contribution is 2.23. The van der Waals surface area contributed by atoms with Gasteiger partial charge in [0.1, 0.15) is 5.75 Å². The summed E-state index contributed by atoms with van der Waals surface area (Å²) in [6, 6.07) is 5.78. The third-order valence-electron chi connectivity index (χ3n) is 2.75. The molecule has 0 radical (unpaired) electrons. The zero-order valence-corrected chi connectivity index (χ0v) is 11.6. The lowest BCUT2D eigenvalue weighted by Crippen LogP contribution is -2.35. The summed E-state index contributed by atoms with van der Waals surface area (Å²) in [6.45, 7) is 7.72. The van der Waals surface area contributed by atoms with Gasteiger partial charge in [0.05, 0.1) is 13.2 Å². The van der Waals surface area contributed by atoms with E-state index in [2.05, 4.69) is 5.32 Å². The minimum atomic E-state index is 0.0559. The molecule has 0 aromatic heterocycles. The van der Waals surface area contributed by atoms with Crippen molar-refractivity contribution in [1.29, 1.82) is 0 Å². The molecular formula is C14H22N2O2. The zero-order valence-electron chi connectivity index (χ0n) is 11.6. The molecule has 1 rings (SSSR count). The summed E-state index contributed by atoms with van der Waals surface area (Å²) in [5, 5.41) is 3.03. The van der Waals surface area contributed by atoms with Gasteiger partial charge in [-0.05, 0) is 44.2 Å². The van der Waals surface area contributed by atoms with Crippen LogP contribution in [-0.2, 0) is 4.79 Å². The number of benzene rings is 1. The van der Waals surface area contributed by atoms with Crippen LogP contribution in [0.2, 0.25) is 0 Å². The molecular weight excluding hydrogens is 228 g/mol. The molecule has 0 atom stereocenters. The average molecular weight is 250 g/mol. The zero-order chi connectivity index (χ0) is 13.5. The molecule has 100 valence electrons. The van der Waals surface area contributed by atoms with E-state index in [1.54, 1.807) is 11.9 Å². The Balaban J connectivity index is 2.77. The van der Waals surface area contributed by atoms with Crippen LogP contribution in [0.15, 0.2) is 18.2 Å². The Kier molecular flexibility index (Phi) is 5.65. The van der Waals surface area contributed by atoms with Gasteiger partial charge < -0.3 is 15.0 Å². The maximum Gasteiger partial charge on any atom is 0.240 e. The molecule has 0 spiro atoms. The lowest BCUT2D eigenvalue weighted by Gasteiger charge is -2.19. The SMILES string of the molecule is CCNCC(=O)N(C)c1ccc(OCC)c(C)c1. The van der Waals surface area contributed by atoms with Crippen LogP contribution < -0.4 is 15.0 Å². The number of rotatable bonds is 6. The molecule has 1 aromatic carbocycles. The summed E-state index contributed by atoms with van der Waals surface area (Å²) in [7, 11) is 1.79. The van der Waals surface area contributed by atoms with Crippen molar-refractivity contribution in [3.63, 3.8) is 0 Å². The van der Waals surface area contributed by atoms with Crippen LogP contribution in [-0.4, -0.2) is 32.7 Å². The van der Waals surface area contributed by atoms with Crippen molar-refractivity contribution in [1.82, 2.24) is 5.32 Å². The quantitative estimate of drug-likeness (QED) is 0.839. The van der Waals surface area contributed by atoms with Gasteiger partial charge in [-0.3, -0.25) is 4.79 Å². The van der Waals surface area contributed by atoms with Crippen molar-refractivity contribution in [2.45, 2.75) is 20.8 Å². The van der Waals surface area contributed by atoms with E-state index < -0.39 is 0 Å². The first-order chi connectivity index (χ1) is 8.60. The van der Waals surface area contributed by atoms with Crippen LogP contribution >= 0.6 is 0 Å². The van der Waals surface area contributed by atoms with Crippen LogP contribution in [0.25, 0.3) is 0 Å². The second-order valence-electron chi connectivity index (χ2n) is 4.12. The van der Waals surface area contributed by atoms with Crippen molar-refractivity contribution in [3.8, 4) is 5.75 Å². The van der Waals surface area contributed by atoms with Crippen LogP contribution in [0.5, 0.6) is 5.75 Å². The van der Waals surface area contributed by atoms with Crippen LogP contribution in [0.4, 0.5) is 5.69 Å². The first-order valence-electron chi connectivity index (χ1n) is 6.30. The standard InChI is InChI=1S/C14H22N2O2/c1-5-15-10-14(17)16(4)12-7-8-13(18-6-2)11(3)9-12/h7-9,15H,5-6,10H2,1-4H3. The van der Waals surface area contributed by atoms with Crippen molar-refractivity contribution in [3.05, 3.63) is 23.8 Å². The number of nitrogens with one attached hydrogen (secondary N) is 1. The second kappa shape index (κ2) is 7.01. The van der Waals surface area contributed by atoms with Crippen LogP contribution in [0.3, 0.4) is 0 Å². The van der Waals surface area contributed by atoms with Crippen molar-refractivity contribution in [2.24, 2.45) is 0 Å². The molecule has 4 heteroatoms. The summed E-state index contributed by atoms with van der Waals surface area (Å²) in [5.41, 5.74) is 1.93. The molecule has 1 amide bonds.